The van der Waals surface area contributed by atoms with Gasteiger partial charge in [0.2, 0.25) is 5.79 Å². The van der Waals surface area contributed by atoms with E-state index in [9.17, 15) is 0 Å². The van der Waals surface area contributed by atoms with Crippen LogP contribution in [0.1, 0.15) is 0 Å². The fourth-order valence-corrected chi connectivity index (χ4v) is 2.94. The van der Waals surface area contributed by atoms with Crippen LogP contribution in [0.25, 0.3) is 0 Å². The van der Waals surface area contributed by atoms with E-state index < -0.39 is 5.79 Å². The van der Waals surface area contributed by atoms with Crippen LogP contribution in [0.15, 0.2) is 0 Å². The minimum atomic E-state index is -0.885. The normalized spacial score (nSPS) is 36.9. The first-order valence-electron chi connectivity index (χ1n) is 9.26. The van der Waals surface area contributed by atoms with Crippen LogP contribution >= 0.6 is 0 Å². The van der Waals surface area contributed by atoms with Crippen molar-refractivity contribution in [2.24, 2.45) is 0 Å². The van der Waals surface area contributed by atoms with E-state index in [1.807, 2.05) is 0 Å². The second kappa shape index (κ2) is 11.5. The Balaban J connectivity index is 1.47. The average Bonchev–Trinajstić information content (AvgIpc) is 2.64. The Bertz CT molecular complexity index is 347. The lowest BCUT2D eigenvalue weighted by Gasteiger charge is -2.44. The molecule has 3 rings (SSSR count). The van der Waals surface area contributed by atoms with E-state index in [1.54, 1.807) is 0 Å². The molecule has 2 atom stereocenters. The van der Waals surface area contributed by atoms with Crippen molar-refractivity contribution < 1.29 is 42.6 Å². The van der Waals surface area contributed by atoms with Gasteiger partial charge in [-0.05, 0) is 0 Å². The van der Waals surface area contributed by atoms with Crippen LogP contribution in [-0.4, -0.2) is 110 Å². The maximum absolute atomic E-state index is 6.09. The van der Waals surface area contributed by atoms with Gasteiger partial charge in [0.25, 0.3) is 0 Å². The van der Waals surface area contributed by atoms with Gasteiger partial charge >= 0.3 is 0 Å². The molecule has 3 saturated heterocycles. The quantitative estimate of drug-likeness (QED) is 0.560. The number of hydrogen-bond acceptors (Lipinski definition) is 9. The molecule has 0 radical (unpaired) electrons. The Morgan fingerprint density at radius 3 is 1.19 bits per heavy atom. The summed E-state index contributed by atoms with van der Waals surface area (Å²) in [6.45, 7) is 6.61. The van der Waals surface area contributed by atoms with E-state index in [1.165, 1.54) is 0 Å². The van der Waals surface area contributed by atoms with Crippen LogP contribution < -0.4 is 0 Å². The van der Waals surface area contributed by atoms with Crippen molar-refractivity contribution in [3.8, 4) is 0 Å². The molecular formula is C17H30O9. The van der Waals surface area contributed by atoms with Gasteiger partial charge in [0.05, 0.1) is 79.3 Å². The minimum Gasteiger partial charge on any atom is -0.377 e. The SMILES string of the molecule is C1COCCOC[C@@H]2COCC3(COC[C@@H](COCCOCCO1)O3)O2. The molecule has 1 spiro atoms. The third-order valence-electron chi connectivity index (χ3n) is 4.11. The molecule has 0 aromatic carbocycles. The molecule has 0 N–H and O–H groups in total. The van der Waals surface area contributed by atoms with Crippen molar-refractivity contribution in [3.63, 3.8) is 0 Å². The predicted octanol–water partition coefficient (Wildman–Crippen LogP) is -0.390. The molecule has 0 amide bonds. The highest BCUT2D eigenvalue weighted by molar-refractivity contribution is 4.81. The molecule has 0 aromatic rings. The molecule has 0 aromatic heterocycles. The number of ether oxygens (including phenoxy) is 9. The van der Waals surface area contributed by atoms with E-state index in [0.717, 1.165) is 0 Å². The highest BCUT2D eigenvalue weighted by atomic mass is 16.8. The van der Waals surface area contributed by atoms with Crippen LogP contribution in [0.3, 0.4) is 0 Å². The molecule has 26 heavy (non-hydrogen) atoms. The van der Waals surface area contributed by atoms with Gasteiger partial charge in [-0.2, -0.15) is 0 Å². The van der Waals surface area contributed by atoms with E-state index in [0.29, 0.717) is 92.5 Å². The lowest BCUT2D eigenvalue weighted by Crippen LogP contribution is -2.59. The van der Waals surface area contributed by atoms with Gasteiger partial charge in [-0.1, -0.05) is 0 Å². The molecule has 3 fully saturated rings. The lowest BCUT2D eigenvalue weighted by molar-refractivity contribution is -0.376. The van der Waals surface area contributed by atoms with Crippen LogP contribution in [0, 0.1) is 0 Å². The molecule has 9 heteroatoms. The number of fused-ring (bicyclic) bond motifs is 2. The third-order valence-corrected chi connectivity index (χ3v) is 4.11. The van der Waals surface area contributed by atoms with Gasteiger partial charge in [-0.15, -0.1) is 0 Å². The summed E-state index contributed by atoms with van der Waals surface area (Å²) in [4.78, 5) is 0. The summed E-state index contributed by atoms with van der Waals surface area (Å²) in [6.07, 6.45) is -0.399. The Hall–Kier alpha value is -0.360. The first kappa shape index (κ1) is 20.4. The van der Waals surface area contributed by atoms with Crippen molar-refractivity contribution in [1.29, 1.82) is 0 Å². The van der Waals surface area contributed by atoms with Crippen LogP contribution in [-0.2, 0) is 42.6 Å². The van der Waals surface area contributed by atoms with E-state index >= 15 is 0 Å². The first-order chi connectivity index (χ1) is 12.9. The zero-order valence-electron chi connectivity index (χ0n) is 15.2. The predicted molar refractivity (Wildman–Crippen MR) is 88.2 cm³/mol. The van der Waals surface area contributed by atoms with Crippen molar-refractivity contribution >= 4 is 0 Å². The summed E-state index contributed by atoms with van der Waals surface area (Å²) < 4.78 is 51.1. The lowest BCUT2D eigenvalue weighted by atomic mass is 10.2. The van der Waals surface area contributed by atoms with Crippen molar-refractivity contribution in [2.45, 2.75) is 18.0 Å². The summed E-state index contributed by atoms with van der Waals surface area (Å²) in [7, 11) is 0. The van der Waals surface area contributed by atoms with Crippen molar-refractivity contribution in [1.82, 2.24) is 0 Å². The van der Waals surface area contributed by atoms with Gasteiger partial charge < -0.3 is 42.6 Å². The van der Waals surface area contributed by atoms with Gasteiger partial charge in [0.1, 0.15) is 25.4 Å². The fourth-order valence-electron chi connectivity index (χ4n) is 2.94. The monoisotopic (exact) mass is 378 g/mol. The van der Waals surface area contributed by atoms with Crippen molar-refractivity contribution in [2.75, 3.05) is 92.5 Å². The molecule has 3 aliphatic rings. The van der Waals surface area contributed by atoms with E-state index in [-0.39, 0.29) is 12.2 Å². The van der Waals surface area contributed by atoms with Gasteiger partial charge in [-0.25, -0.2) is 0 Å². The van der Waals surface area contributed by atoms with Gasteiger partial charge in [0.15, 0.2) is 0 Å². The van der Waals surface area contributed by atoms with E-state index in [2.05, 4.69) is 0 Å². The van der Waals surface area contributed by atoms with Crippen molar-refractivity contribution in [3.05, 3.63) is 0 Å². The standard InChI is InChI=1S/C17H30O9/c1-3-19-5-7-21-9-15-11-23-13-17(25-15)14-24-12-16(26-17)10-22-8-6-20-4-2-18-1/h15-16H,1-14H2/t15-,16-,17?/m1/s1. The Morgan fingerprint density at radius 2 is 0.769 bits per heavy atom. The zero-order valence-corrected chi connectivity index (χ0v) is 15.2. The number of hydrogen-bond donors (Lipinski definition) is 0. The van der Waals surface area contributed by atoms with Gasteiger partial charge in [0, 0.05) is 0 Å². The molecular weight excluding hydrogens is 348 g/mol. The molecule has 0 unspecified atom stereocenters. The summed E-state index contributed by atoms with van der Waals surface area (Å²) >= 11 is 0. The van der Waals surface area contributed by atoms with Crippen LogP contribution in [0.5, 0.6) is 0 Å². The molecule has 9 nitrogen and oxygen atoms in total. The topological polar surface area (TPSA) is 83.1 Å². The average molecular weight is 378 g/mol. The highest BCUT2D eigenvalue weighted by Gasteiger charge is 2.44. The Kier molecular flexibility index (Phi) is 8.99. The summed E-state index contributed by atoms with van der Waals surface area (Å²) in [6, 6.07) is 0. The number of rotatable bonds is 0. The molecule has 0 aliphatic carbocycles. The van der Waals surface area contributed by atoms with Crippen LogP contribution in [0.4, 0.5) is 0 Å². The second-order valence-electron chi connectivity index (χ2n) is 6.41. The Morgan fingerprint density at radius 1 is 0.423 bits per heavy atom. The molecule has 3 heterocycles. The Labute approximate surface area is 154 Å². The molecule has 3 bridgehead atoms. The third kappa shape index (κ3) is 6.99. The highest BCUT2D eigenvalue weighted by Crippen LogP contribution is 2.27. The molecule has 3 aliphatic heterocycles. The largest absolute Gasteiger partial charge is 0.377 e. The summed E-state index contributed by atoms with van der Waals surface area (Å²) in [5, 5.41) is 0. The van der Waals surface area contributed by atoms with E-state index in [4.69, 9.17) is 42.6 Å². The smallest absolute Gasteiger partial charge is 0.216 e. The molecule has 0 saturated carbocycles. The van der Waals surface area contributed by atoms with Crippen LogP contribution in [0.2, 0.25) is 0 Å². The summed E-state index contributed by atoms with van der Waals surface area (Å²) in [5.41, 5.74) is 0. The zero-order chi connectivity index (χ0) is 17.9. The summed E-state index contributed by atoms with van der Waals surface area (Å²) in [5.74, 6) is -0.885. The fraction of sp³-hybridized carbons (Fsp3) is 1.00. The maximum atomic E-state index is 6.09. The maximum Gasteiger partial charge on any atom is 0.216 e. The minimum absolute atomic E-state index is 0.200. The first-order valence-corrected chi connectivity index (χ1v) is 9.26. The second-order valence-corrected chi connectivity index (χ2v) is 6.41. The molecule has 152 valence electrons. The van der Waals surface area contributed by atoms with Gasteiger partial charge in [-0.3, -0.25) is 0 Å².